The van der Waals surface area contributed by atoms with Crippen molar-refractivity contribution in [3.05, 3.63) is 22.7 Å². The zero-order chi connectivity index (χ0) is 14.7. The van der Waals surface area contributed by atoms with E-state index in [9.17, 15) is 0 Å². The molecule has 4 heteroatoms. The summed E-state index contributed by atoms with van der Waals surface area (Å²) < 4.78 is 11.2. The van der Waals surface area contributed by atoms with E-state index < -0.39 is 0 Å². The highest BCUT2D eigenvalue weighted by molar-refractivity contribution is 9.09. The van der Waals surface area contributed by atoms with Crippen molar-refractivity contribution in [1.82, 2.24) is 0 Å². The Morgan fingerprint density at radius 2 is 1.76 bits per heavy atom. The zero-order valence-electron chi connectivity index (χ0n) is 12.2. The minimum absolute atomic E-state index is 0.294. The quantitative estimate of drug-likeness (QED) is 0.611. The van der Waals surface area contributed by atoms with E-state index in [1.165, 1.54) is 38.5 Å². The van der Waals surface area contributed by atoms with E-state index in [0.29, 0.717) is 18.0 Å². The molecule has 0 N–H and O–H groups in total. The molecule has 0 aromatic heterocycles. The standard InChI is InChI=1S/C17H22BrClO2/c18-14(7-6-12-4-2-1-3-5-12)13-10-16-17(11-15(13)19)21-9-8-20-16/h10-12,14H,1-9H2. The molecule has 0 spiro atoms. The SMILES string of the molecule is Clc1cc2c(cc1C(Br)CCC1CCCCC1)OCCO2. The first-order valence-electron chi connectivity index (χ1n) is 7.97. The van der Waals surface area contributed by atoms with Gasteiger partial charge in [0.15, 0.2) is 11.5 Å². The minimum Gasteiger partial charge on any atom is -0.486 e. The van der Waals surface area contributed by atoms with Gasteiger partial charge in [-0.1, -0.05) is 59.6 Å². The van der Waals surface area contributed by atoms with Gasteiger partial charge in [0.2, 0.25) is 0 Å². The Labute approximate surface area is 140 Å². The molecule has 1 heterocycles. The minimum atomic E-state index is 0.294. The van der Waals surface area contributed by atoms with E-state index in [4.69, 9.17) is 21.1 Å². The second kappa shape index (κ2) is 7.23. The van der Waals surface area contributed by atoms with Gasteiger partial charge < -0.3 is 9.47 Å². The summed E-state index contributed by atoms with van der Waals surface area (Å²) in [5, 5.41) is 0.768. The number of alkyl halides is 1. The number of hydrogen-bond donors (Lipinski definition) is 0. The average molecular weight is 374 g/mol. The summed E-state index contributed by atoms with van der Waals surface area (Å²) in [6, 6.07) is 3.93. The van der Waals surface area contributed by atoms with Crippen molar-refractivity contribution in [1.29, 1.82) is 0 Å². The molecular weight excluding hydrogens is 352 g/mol. The Balaban J connectivity index is 1.64. The topological polar surface area (TPSA) is 18.5 Å². The van der Waals surface area contributed by atoms with E-state index in [1.807, 2.05) is 12.1 Å². The molecular formula is C17H22BrClO2. The van der Waals surface area contributed by atoms with Crippen LogP contribution in [0.3, 0.4) is 0 Å². The maximum absolute atomic E-state index is 6.41. The Hall–Kier alpha value is -0.410. The first kappa shape index (κ1) is 15.5. The maximum atomic E-state index is 6.41. The molecule has 116 valence electrons. The molecule has 1 saturated carbocycles. The second-order valence-electron chi connectivity index (χ2n) is 6.07. The van der Waals surface area contributed by atoms with Crippen molar-refractivity contribution in [2.24, 2.45) is 5.92 Å². The van der Waals surface area contributed by atoms with Crippen molar-refractivity contribution in [3.63, 3.8) is 0 Å². The molecule has 1 aliphatic heterocycles. The fourth-order valence-corrected chi connectivity index (χ4v) is 4.39. The van der Waals surface area contributed by atoms with E-state index >= 15 is 0 Å². The lowest BCUT2D eigenvalue weighted by Crippen LogP contribution is -2.15. The van der Waals surface area contributed by atoms with Crippen molar-refractivity contribution in [3.8, 4) is 11.5 Å². The van der Waals surface area contributed by atoms with Crippen molar-refractivity contribution < 1.29 is 9.47 Å². The lowest BCUT2D eigenvalue weighted by atomic mass is 9.85. The third kappa shape index (κ3) is 3.87. The molecule has 0 amide bonds. The molecule has 1 aromatic carbocycles. The molecule has 1 unspecified atom stereocenters. The molecule has 0 radical (unpaired) electrons. The summed E-state index contributed by atoms with van der Waals surface area (Å²) in [6.07, 6.45) is 9.43. The van der Waals surface area contributed by atoms with Gasteiger partial charge in [0.1, 0.15) is 13.2 Å². The molecule has 1 atom stereocenters. The first-order valence-corrected chi connectivity index (χ1v) is 9.26. The average Bonchev–Trinajstić information content (AvgIpc) is 2.53. The van der Waals surface area contributed by atoms with E-state index in [-0.39, 0.29) is 0 Å². The van der Waals surface area contributed by atoms with Crippen molar-refractivity contribution in [2.45, 2.75) is 49.8 Å². The Bertz CT molecular complexity index is 486. The van der Waals surface area contributed by atoms with E-state index in [2.05, 4.69) is 15.9 Å². The molecule has 0 bridgehead atoms. The van der Waals surface area contributed by atoms with Gasteiger partial charge in [-0.2, -0.15) is 0 Å². The van der Waals surface area contributed by atoms with Gasteiger partial charge in [0.25, 0.3) is 0 Å². The smallest absolute Gasteiger partial charge is 0.162 e. The molecule has 1 aliphatic carbocycles. The van der Waals surface area contributed by atoms with Crippen LogP contribution in [-0.2, 0) is 0 Å². The van der Waals surface area contributed by atoms with Crippen LogP contribution in [0.4, 0.5) is 0 Å². The summed E-state index contributed by atoms with van der Waals surface area (Å²) in [7, 11) is 0. The highest BCUT2D eigenvalue weighted by Gasteiger charge is 2.21. The van der Waals surface area contributed by atoms with Gasteiger partial charge in [0.05, 0.1) is 0 Å². The Kier molecular flexibility index (Phi) is 5.33. The number of rotatable bonds is 4. The first-order chi connectivity index (χ1) is 10.2. The zero-order valence-corrected chi connectivity index (χ0v) is 14.6. The Morgan fingerprint density at radius 1 is 1.10 bits per heavy atom. The fourth-order valence-electron chi connectivity index (χ4n) is 3.33. The van der Waals surface area contributed by atoms with Crippen LogP contribution < -0.4 is 9.47 Å². The molecule has 21 heavy (non-hydrogen) atoms. The third-order valence-corrected chi connectivity index (χ3v) is 5.83. The molecule has 1 aromatic rings. The fraction of sp³-hybridized carbons (Fsp3) is 0.647. The van der Waals surface area contributed by atoms with Crippen molar-refractivity contribution >= 4 is 27.5 Å². The largest absolute Gasteiger partial charge is 0.486 e. The van der Waals surface area contributed by atoms with E-state index in [1.54, 1.807) is 0 Å². The van der Waals surface area contributed by atoms with Gasteiger partial charge in [-0.15, -0.1) is 0 Å². The van der Waals surface area contributed by atoms with Crippen molar-refractivity contribution in [2.75, 3.05) is 13.2 Å². The third-order valence-electron chi connectivity index (χ3n) is 4.55. The number of benzene rings is 1. The second-order valence-corrected chi connectivity index (χ2v) is 7.58. The maximum Gasteiger partial charge on any atom is 0.162 e. The summed E-state index contributed by atoms with van der Waals surface area (Å²) in [5.41, 5.74) is 1.12. The van der Waals surface area contributed by atoms with Crippen LogP contribution in [0, 0.1) is 5.92 Å². The van der Waals surface area contributed by atoms with Crippen LogP contribution in [0.25, 0.3) is 0 Å². The van der Waals surface area contributed by atoms with Crippen LogP contribution in [-0.4, -0.2) is 13.2 Å². The predicted molar refractivity (Wildman–Crippen MR) is 89.9 cm³/mol. The summed E-state index contributed by atoms with van der Waals surface area (Å²) in [4.78, 5) is 0.294. The molecule has 1 fully saturated rings. The van der Waals surface area contributed by atoms with Crippen LogP contribution >= 0.6 is 27.5 Å². The van der Waals surface area contributed by atoms with Crippen LogP contribution in [0.15, 0.2) is 12.1 Å². The van der Waals surface area contributed by atoms with Crippen LogP contribution in [0.5, 0.6) is 11.5 Å². The number of ether oxygens (including phenoxy) is 2. The monoisotopic (exact) mass is 372 g/mol. The van der Waals surface area contributed by atoms with Crippen LogP contribution in [0.1, 0.15) is 55.3 Å². The lowest BCUT2D eigenvalue weighted by molar-refractivity contribution is 0.171. The highest BCUT2D eigenvalue weighted by Crippen LogP contribution is 2.42. The number of halogens is 2. The van der Waals surface area contributed by atoms with E-state index in [0.717, 1.165) is 34.4 Å². The Morgan fingerprint density at radius 3 is 2.48 bits per heavy atom. The number of fused-ring (bicyclic) bond motifs is 1. The molecule has 3 rings (SSSR count). The normalized spacial score (nSPS) is 20.3. The molecule has 2 nitrogen and oxygen atoms in total. The number of hydrogen-bond acceptors (Lipinski definition) is 2. The van der Waals surface area contributed by atoms with Gasteiger partial charge >= 0.3 is 0 Å². The molecule has 0 saturated heterocycles. The van der Waals surface area contributed by atoms with Gasteiger partial charge in [0, 0.05) is 15.9 Å². The van der Waals surface area contributed by atoms with Gasteiger partial charge in [-0.25, -0.2) is 0 Å². The summed E-state index contributed by atoms with van der Waals surface area (Å²) >= 11 is 10.2. The summed E-state index contributed by atoms with van der Waals surface area (Å²) in [6.45, 7) is 1.21. The predicted octanol–water partition coefficient (Wildman–Crippen LogP) is 5.91. The summed E-state index contributed by atoms with van der Waals surface area (Å²) in [5.74, 6) is 2.49. The highest BCUT2D eigenvalue weighted by atomic mass is 79.9. The van der Waals surface area contributed by atoms with Gasteiger partial charge in [-0.05, 0) is 30.4 Å². The van der Waals surface area contributed by atoms with Crippen LogP contribution in [0.2, 0.25) is 5.02 Å². The van der Waals surface area contributed by atoms with Gasteiger partial charge in [-0.3, -0.25) is 0 Å². The molecule has 2 aliphatic rings. The lowest BCUT2D eigenvalue weighted by Gasteiger charge is -2.24.